The summed E-state index contributed by atoms with van der Waals surface area (Å²) in [6, 6.07) is 7.24. The maximum Gasteiger partial charge on any atom is 0.259 e. The van der Waals surface area contributed by atoms with E-state index in [1.807, 2.05) is 25.1 Å². The topological polar surface area (TPSA) is 80.0 Å². The van der Waals surface area contributed by atoms with Crippen molar-refractivity contribution in [3.8, 4) is 0 Å². The molecular formula is C13H12Br2N4O. The van der Waals surface area contributed by atoms with Crippen LogP contribution in [0.3, 0.4) is 0 Å². The van der Waals surface area contributed by atoms with Gasteiger partial charge < -0.3 is 10.7 Å². The molecule has 1 aromatic carbocycles. The zero-order chi connectivity index (χ0) is 14.7. The number of hydrogen-bond donors (Lipinski definition) is 3. The molecule has 20 heavy (non-hydrogen) atoms. The lowest BCUT2D eigenvalue weighted by molar-refractivity contribution is 0.102. The predicted octanol–water partition coefficient (Wildman–Crippen LogP) is 3.45. The Balaban J connectivity index is 2.27. The maximum atomic E-state index is 12.3. The van der Waals surface area contributed by atoms with Crippen molar-refractivity contribution in [2.45, 2.75) is 6.92 Å². The second-order valence-corrected chi connectivity index (χ2v) is 5.88. The smallest absolute Gasteiger partial charge is 0.259 e. The van der Waals surface area contributed by atoms with Gasteiger partial charge in [0.2, 0.25) is 0 Å². The largest absolute Gasteiger partial charge is 0.322 e. The number of carbonyl (C=O) groups excluding carboxylic acids is 1. The summed E-state index contributed by atoms with van der Waals surface area (Å²) < 4.78 is 1.63. The Hall–Kier alpha value is -1.44. The van der Waals surface area contributed by atoms with Crippen LogP contribution in [0.4, 0.5) is 11.5 Å². The summed E-state index contributed by atoms with van der Waals surface area (Å²) in [6.07, 6.45) is 1.56. The van der Waals surface area contributed by atoms with E-state index in [2.05, 4.69) is 47.6 Å². The van der Waals surface area contributed by atoms with Crippen molar-refractivity contribution in [2.24, 2.45) is 5.84 Å². The molecule has 0 aliphatic rings. The van der Waals surface area contributed by atoms with Crippen molar-refractivity contribution in [1.82, 2.24) is 4.98 Å². The molecule has 2 aromatic rings. The van der Waals surface area contributed by atoms with E-state index in [-0.39, 0.29) is 5.91 Å². The minimum atomic E-state index is -0.289. The summed E-state index contributed by atoms with van der Waals surface area (Å²) >= 11 is 6.71. The van der Waals surface area contributed by atoms with Crippen molar-refractivity contribution < 1.29 is 4.79 Å². The van der Waals surface area contributed by atoms with Crippen molar-refractivity contribution in [2.75, 3.05) is 10.7 Å². The van der Waals surface area contributed by atoms with E-state index in [1.54, 1.807) is 12.3 Å². The number of pyridine rings is 1. The molecular weight excluding hydrogens is 388 g/mol. The van der Waals surface area contributed by atoms with Crippen LogP contribution in [-0.2, 0) is 0 Å². The summed E-state index contributed by atoms with van der Waals surface area (Å²) in [7, 11) is 0. The SMILES string of the molecule is Cc1ccc(NC(=O)c2cc(Br)cnc2NN)cc1Br. The standard InChI is InChI=1S/C13H12Br2N4O/c1-7-2-3-9(5-11(7)15)18-13(20)10-4-8(14)6-17-12(10)19-16/h2-6H,16H2,1H3,(H,17,19)(H,18,20). The normalized spacial score (nSPS) is 10.2. The number of aryl methyl sites for hydroxylation is 1. The number of aromatic nitrogens is 1. The lowest BCUT2D eigenvalue weighted by Crippen LogP contribution is -2.18. The van der Waals surface area contributed by atoms with E-state index in [4.69, 9.17) is 5.84 Å². The summed E-state index contributed by atoms with van der Waals surface area (Å²) in [6.45, 7) is 1.98. The summed E-state index contributed by atoms with van der Waals surface area (Å²) in [4.78, 5) is 16.3. The number of nitrogens with zero attached hydrogens (tertiary/aromatic N) is 1. The van der Waals surface area contributed by atoms with Gasteiger partial charge in [-0.25, -0.2) is 10.8 Å². The monoisotopic (exact) mass is 398 g/mol. The summed E-state index contributed by atoms with van der Waals surface area (Å²) in [5.41, 5.74) is 4.55. The van der Waals surface area contributed by atoms with Crippen LogP contribution < -0.4 is 16.6 Å². The van der Waals surface area contributed by atoms with Crippen molar-refractivity contribution in [1.29, 1.82) is 0 Å². The van der Waals surface area contributed by atoms with Gasteiger partial charge in [-0.05, 0) is 46.6 Å². The summed E-state index contributed by atoms with van der Waals surface area (Å²) in [5.74, 6) is 5.39. The van der Waals surface area contributed by atoms with Crippen LogP contribution >= 0.6 is 31.9 Å². The van der Waals surface area contributed by atoms with Gasteiger partial charge >= 0.3 is 0 Å². The Labute approximate surface area is 133 Å². The van der Waals surface area contributed by atoms with Gasteiger partial charge in [0, 0.05) is 20.8 Å². The number of halogens is 2. The Bertz CT molecular complexity index is 661. The van der Waals surface area contributed by atoms with Gasteiger partial charge in [0.05, 0.1) is 5.56 Å². The molecule has 0 aliphatic heterocycles. The number of amides is 1. The molecule has 0 unspecified atom stereocenters. The molecule has 0 saturated heterocycles. The Morgan fingerprint density at radius 1 is 1.30 bits per heavy atom. The molecule has 0 spiro atoms. The van der Waals surface area contributed by atoms with Crippen molar-refractivity contribution in [3.05, 3.63) is 50.5 Å². The third kappa shape index (κ3) is 3.36. The first-order chi connectivity index (χ1) is 9.51. The van der Waals surface area contributed by atoms with E-state index in [9.17, 15) is 4.79 Å². The van der Waals surface area contributed by atoms with Gasteiger partial charge in [-0.1, -0.05) is 22.0 Å². The number of nitrogens with two attached hydrogens (primary N) is 1. The van der Waals surface area contributed by atoms with E-state index >= 15 is 0 Å². The van der Waals surface area contributed by atoms with Crippen molar-refractivity contribution in [3.63, 3.8) is 0 Å². The highest BCUT2D eigenvalue weighted by molar-refractivity contribution is 9.10. The van der Waals surface area contributed by atoms with Crippen LogP contribution in [0.2, 0.25) is 0 Å². The fourth-order valence-electron chi connectivity index (χ4n) is 1.60. The average Bonchev–Trinajstić information content (AvgIpc) is 2.43. The van der Waals surface area contributed by atoms with Gasteiger partial charge in [-0.15, -0.1) is 0 Å². The Morgan fingerprint density at radius 3 is 2.70 bits per heavy atom. The first kappa shape index (κ1) is 15.0. The fraction of sp³-hybridized carbons (Fsp3) is 0.0769. The Morgan fingerprint density at radius 2 is 2.05 bits per heavy atom. The highest BCUT2D eigenvalue weighted by Gasteiger charge is 2.13. The first-order valence-corrected chi connectivity index (χ1v) is 7.29. The van der Waals surface area contributed by atoms with Gasteiger partial charge in [0.15, 0.2) is 5.82 Å². The molecule has 0 fully saturated rings. The van der Waals surface area contributed by atoms with E-state index in [1.165, 1.54) is 0 Å². The Kier molecular flexibility index (Phi) is 4.74. The second-order valence-electron chi connectivity index (χ2n) is 4.11. The highest BCUT2D eigenvalue weighted by Crippen LogP contribution is 2.23. The summed E-state index contributed by atoms with van der Waals surface area (Å²) in [5, 5.41) is 2.80. The fourth-order valence-corrected chi connectivity index (χ4v) is 2.31. The molecule has 0 radical (unpaired) electrons. The molecule has 7 heteroatoms. The van der Waals surface area contributed by atoms with Crippen molar-refractivity contribution >= 4 is 49.3 Å². The zero-order valence-corrected chi connectivity index (χ0v) is 13.7. The quantitative estimate of drug-likeness (QED) is 0.545. The van der Waals surface area contributed by atoms with Gasteiger partial charge in [-0.2, -0.15) is 0 Å². The molecule has 0 atom stereocenters. The molecule has 0 bridgehead atoms. The molecule has 4 N–H and O–H groups in total. The third-order valence-corrected chi connectivity index (χ3v) is 3.95. The predicted molar refractivity (Wildman–Crippen MR) is 86.6 cm³/mol. The highest BCUT2D eigenvalue weighted by atomic mass is 79.9. The number of nitrogens with one attached hydrogen (secondary N) is 2. The lowest BCUT2D eigenvalue weighted by Gasteiger charge is -2.10. The van der Waals surface area contributed by atoms with Crippen LogP contribution in [0.5, 0.6) is 0 Å². The zero-order valence-electron chi connectivity index (χ0n) is 10.6. The second kappa shape index (κ2) is 6.34. The number of hydrazine groups is 1. The number of carbonyl (C=O) groups is 1. The first-order valence-electron chi connectivity index (χ1n) is 5.71. The molecule has 104 valence electrons. The minimum Gasteiger partial charge on any atom is -0.322 e. The van der Waals surface area contributed by atoms with E-state index in [0.717, 1.165) is 10.0 Å². The minimum absolute atomic E-state index is 0.289. The van der Waals surface area contributed by atoms with E-state index < -0.39 is 0 Å². The number of rotatable bonds is 3. The van der Waals surface area contributed by atoms with Gasteiger partial charge in [-0.3, -0.25) is 4.79 Å². The van der Waals surface area contributed by atoms with Crippen LogP contribution in [0.1, 0.15) is 15.9 Å². The molecule has 0 saturated carbocycles. The maximum absolute atomic E-state index is 12.3. The molecule has 1 heterocycles. The van der Waals surface area contributed by atoms with E-state index in [0.29, 0.717) is 21.5 Å². The van der Waals surface area contributed by atoms with Gasteiger partial charge in [0.1, 0.15) is 0 Å². The van der Waals surface area contributed by atoms with Crippen LogP contribution in [0.25, 0.3) is 0 Å². The number of nitrogen functional groups attached to an aromatic ring is 1. The number of benzene rings is 1. The van der Waals surface area contributed by atoms with Crippen LogP contribution in [0, 0.1) is 6.92 Å². The van der Waals surface area contributed by atoms with Crippen LogP contribution in [-0.4, -0.2) is 10.9 Å². The average molecular weight is 400 g/mol. The molecule has 5 nitrogen and oxygen atoms in total. The number of anilines is 2. The third-order valence-electron chi connectivity index (χ3n) is 2.67. The lowest BCUT2D eigenvalue weighted by atomic mass is 10.2. The van der Waals surface area contributed by atoms with Crippen LogP contribution in [0.15, 0.2) is 39.4 Å². The number of hydrogen-bond acceptors (Lipinski definition) is 4. The molecule has 0 aliphatic carbocycles. The molecule has 1 amide bonds. The molecule has 1 aromatic heterocycles. The van der Waals surface area contributed by atoms with Gasteiger partial charge in [0.25, 0.3) is 5.91 Å². The molecule has 2 rings (SSSR count).